The van der Waals surface area contributed by atoms with Crippen LogP contribution in [0.2, 0.25) is 5.02 Å². The fourth-order valence-corrected chi connectivity index (χ4v) is 2.87. The molecule has 1 fully saturated rings. The number of hydrogen-bond acceptors (Lipinski definition) is 1. The van der Waals surface area contributed by atoms with Crippen LogP contribution in [-0.2, 0) is 11.2 Å². The van der Waals surface area contributed by atoms with Gasteiger partial charge in [0.25, 0.3) is 0 Å². The number of nitrogens with one attached hydrogen (secondary N) is 1. The summed E-state index contributed by atoms with van der Waals surface area (Å²) in [5.41, 5.74) is 1.12. The molecule has 1 amide bonds. The van der Waals surface area contributed by atoms with Crippen LogP contribution in [0.25, 0.3) is 0 Å². The SMILES string of the molecule is CC1CCC(NC(=O)CCc2cccc(Cl)c2)CC1. The van der Waals surface area contributed by atoms with Gasteiger partial charge in [-0.2, -0.15) is 0 Å². The van der Waals surface area contributed by atoms with Gasteiger partial charge in [-0.15, -0.1) is 0 Å². The first-order chi connectivity index (χ1) is 9.13. The monoisotopic (exact) mass is 279 g/mol. The Balaban J connectivity index is 1.73. The van der Waals surface area contributed by atoms with Crippen LogP contribution >= 0.6 is 11.6 Å². The quantitative estimate of drug-likeness (QED) is 0.888. The average molecular weight is 280 g/mol. The van der Waals surface area contributed by atoms with Gasteiger partial charge in [-0.05, 0) is 55.7 Å². The van der Waals surface area contributed by atoms with E-state index in [1.807, 2.05) is 24.3 Å². The molecule has 3 heteroatoms. The minimum Gasteiger partial charge on any atom is -0.353 e. The summed E-state index contributed by atoms with van der Waals surface area (Å²) in [6.07, 6.45) is 6.04. The number of halogens is 1. The summed E-state index contributed by atoms with van der Waals surface area (Å²) in [5, 5.41) is 3.89. The molecular formula is C16H22ClNO. The topological polar surface area (TPSA) is 29.1 Å². The van der Waals surface area contributed by atoms with E-state index >= 15 is 0 Å². The zero-order valence-corrected chi connectivity index (χ0v) is 12.2. The van der Waals surface area contributed by atoms with E-state index in [2.05, 4.69) is 12.2 Å². The van der Waals surface area contributed by atoms with Gasteiger partial charge in [0.2, 0.25) is 5.91 Å². The summed E-state index contributed by atoms with van der Waals surface area (Å²) in [4.78, 5) is 11.9. The van der Waals surface area contributed by atoms with Gasteiger partial charge in [0.15, 0.2) is 0 Å². The second-order valence-corrected chi connectivity index (χ2v) is 6.09. The van der Waals surface area contributed by atoms with Crippen molar-refractivity contribution in [1.82, 2.24) is 5.32 Å². The van der Waals surface area contributed by atoms with Crippen molar-refractivity contribution in [1.29, 1.82) is 0 Å². The zero-order chi connectivity index (χ0) is 13.7. The lowest BCUT2D eigenvalue weighted by atomic mass is 9.87. The van der Waals surface area contributed by atoms with Crippen LogP contribution < -0.4 is 5.32 Å². The summed E-state index contributed by atoms with van der Waals surface area (Å²) in [6.45, 7) is 2.29. The molecule has 0 heterocycles. The van der Waals surface area contributed by atoms with E-state index in [4.69, 9.17) is 11.6 Å². The number of amides is 1. The van der Waals surface area contributed by atoms with E-state index in [-0.39, 0.29) is 5.91 Å². The molecule has 0 aliphatic heterocycles. The van der Waals surface area contributed by atoms with Gasteiger partial charge in [0, 0.05) is 17.5 Å². The van der Waals surface area contributed by atoms with Gasteiger partial charge in [0.05, 0.1) is 0 Å². The highest BCUT2D eigenvalue weighted by Crippen LogP contribution is 2.23. The minimum absolute atomic E-state index is 0.166. The van der Waals surface area contributed by atoms with Crippen LogP contribution in [0.3, 0.4) is 0 Å². The fourth-order valence-electron chi connectivity index (χ4n) is 2.65. The third kappa shape index (κ3) is 4.87. The lowest BCUT2D eigenvalue weighted by molar-refractivity contribution is -0.122. The van der Waals surface area contributed by atoms with Crippen molar-refractivity contribution in [3.63, 3.8) is 0 Å². The largest absolute Gasteiger partial charge is 0.353 e. The maximum atomic E-state index is 11.9. The fraction of sp³-hybridized carbons (Fsp3) is 0.562. The molecule has 0 aromatic heterocycles. The Morgan fingerprint density at radius 2 is 2.05 bits per heavy atom. The first-order valence-corrected chi connectivity index (χ1v) is 7.55. The Hall–Kier alpha value is -1.02. The molecule has 1 aliphatic rings. The maximum Gasteiger partial charge on any atom is 0.220 e. The van der Waals surface area contributed by atoms with Gasteiger partial charge in [-0.25, -0.2) is 0 Å². The summed E-state index contributed by atoms with van der Waals surface area (Å²) in [7, 11) is 0. The molecule has 0 atom stereocenters. The van der Waals surface area contributed by atoms with E-state index in [1.54, 1.807) is 0 Å². The van der Waals surface area contributed by atoms with Crippen molar-refractivity contribution in [3.05, 3.63) is 34.9 Å². The Labute approximate surface area is 120 Å². The summed E-state index contributed by atoms with van der Waals surface area (Å²) < 4.78 is 0. The number of aryl methyl sites for hydroxylation is 1. The number of rotatable bonds is 4. The van der Waals surface area contributed by atoms with E-state index < -0.39 is 0 Å². The number of carbonyl (C=O) groups excluding carboxylic acids is 1. The number of carbonyl (C=O) groups is 1. The third-order valence-electron chi connectivity index (χ3n) is 3.91. The smallest absolute Gasteiger partial charge is 0.220 e. The molecule has 1 N–H and O–H groups in total. The molecule has 104 valence electrons. The second kappa shape index (κ2) is 6.95. The van der Waals surface area contributed by atoms with Gasteiger partial charge in [-0.1, -0.05) is 30.7 Å². The zero-order valence-electron chi connectivity index (χ0n) is 11.5. The highest BCUT2D eigenvalue weighted by atomic mass is 35.5. The minimum atomic E-state index is 0.166. The van der Waals surface area contributed by atoms with Crippen LogP contribution in [0.4, 0.5) is 0 Å². The molecule has 1 saturated carbocycles. The lowest BCUT2D eigenvalue weighted by Gasteiger charge is -2.26. The summed E-state index contributed by atoms with van der Waals surface area (Å²) >= 11 is 5.93. The van der Waals surface area contributed by atoms with Crippen molar-refractivity contribution in [2.45, 2.75) is 51.5 Å². The summed E-state index contributed by atoms with van der Waals surface area (Å²) in [6, 6.07) is 8.12. The van der Waals surface area contributed by atoms with Gasteiger partial charge in [-0.3, -0.25) is 4.79 Å². The first kappa shape index (κ1) is 14.4. The maximum absolute atomic E-state index is 11.9. The average Bonchev–Trinajstić information content (AvgIpc) is 2.39. The number of benzene rings is 1. The molecular weight excluding hydrogens is 258 g/mol. The Morgan fingerprint density at radius 1 is 1.32 bits per heavy atom. The van der Waals surface area contributed by atoms with Gasteiger partial charge < -0.3 is 5.32 Å². The second-order valence-electron chi connectivity index (χ2n) is 5.65. The van der Waals surface area contributed by atoms with Crippen molar-refractivity contribution >= 4 is 17.5 Å². The predicted molar refractivity (Wildman–Crippen MR) is 79.3 cm³/mol. The normalized spacial score (nSPS) is 23.1. The molecule has 2 nitrogen and oxygen atoms in total. The lowest BCUT2D eigenvalue weighted by Crippen LogP contribution is -2.37. The highest BCUT2D eigenvalue weighted by molar-refractivity contribution is 6.30. The predicted octanol–water partition coefficient (Wildman–Crippen LogP) is 3.97. The van der Waals surface area contributed by atoms with Crippen molar-refractivity contribution in [3.8, 4) is 0 Å². The molecule has 2 rings (SSSR count). The molecule has 0 spiro atoms. The van der Waals surface area contributed by atoms with Crippen LogP contribution in [0.1, 0.15) is 44.6 Å². The molecule has 1 aromatic carbocycles. The number of hydrogen-bond donors (Lipinski definition) is 1. The molecule has 0 saturated heterocycles. The standard InChI is InChI=1S/C16H22ClNO/c1-12-5-8-15(9-6-12)18-16(19)10-7-13-3-2-4-14(17)11-13/h2-4,11-12,15H,5-10H2,1H3,(H,18,19). The highest BCUT2D eigenvalue weighted by Gasteiger charge is 2.19. The van der Waals surface area contributed by atoms with Gasteiger partial charge in [0.1, 0.15) is 0 Å². The molecule has 0 bridgehead atoms. The van der Waals surface area contributed by atoms with E-state index in [9.17, 15) is 4.79 Å². The van der Waals surface area contributed by atoms with Crippen LogP contribution in [0.15, 0.2) is 24.3 Å². The molecule has 1 aliphatic carbocycles. The van der Waals surface area contributed by atoms with Gasteiger partial charge >= 0.3 is 0 Å². The van der Waals surface area contributed by atoms with E-state index in [0.29, 0.717) is 12.5 Å². The van der Waals surface area contributed by atoms with E-state index in [1.165, 1.54) is 12.8 Å². The van der Waals surface area contributed by atoms with Crippen molar-refractivity contribution < 1.29 is 4.79 Å². The Kier molecular flexibility index (Phi) is 5.26. The van der Waals surface area contributed by atoms with Crippen LogP contribution in [0.5, 0.6) is 0 Å². The Bertz CT molecular complexity index is 425. The molecule has 0 unspecified atom stereocenters. The molecule has 19 heavy (non-hydrogen) atoms. The van der Waals surface area contributed by atoms with Crippen molar-refractivity contribution in [2.24, 2.45) is 5.92 Å². The Morgan fingerprint density at radius 3 is 2.74 bits per heavy atom. The third-order valence-corrected chi connectivity index (χ3v) is 4.15. The first-order valence-electron chi connectivity index (χ1n) is 7.17. The van der Waals surface area contributed by atoms with Crippen LogP contribution in [-0.4, -0.2) is 11.9 Å². The summed E-state index contributed by atoms with van der Waals surface area (Å²) in [5.74, 6) is 0.985. The molecule has 0 radical (unpaired) electrons. The van der Waals surface area contributed by atoms with E-state index in [0.717, 1.165) is 35.8 Å². The van der Waals surface area contributed by atoms with Crippen molar-refractivity contribution in [2.75, 3.05) is 0 Å². The molecule has 1 aromatic rings. The van der Waals surface area contributed by atoms with Crippen LogP contribution in [0, 0.1) is 5.92 Å².